The Morgan fingerprint density at radius 2 is 1.72 bits per heavy atom. The number of oxazole rings is 1. The summed E-state index contributed by atoms with van der Waals surface area (Å²) in [4.78, 5) is 26.0. The summed E-state index contributed by atoms with van der Waals surface area (Å²) in [5, 5.41) is 0. The largest absolute Gasteiger partial charge is 0.484 e. The zero-order valence-corrected chi connectivity index (χ0v) is 19.0. The topological polar surface area (TPSA) is 102 Å². The van der Waals surface area contributed by atoms with Crippen molar-refractivity contribution in [3.05, 3.63) is 58.1 Å². The molecule has 1 aromatic heterocycles. The van der Waals surface area contributed by atoms with Gasteiger partial charge in [0.1, 0.15) is 5.75 Å². The minimum atomic E-state index is -3.80. The van der Waals surface area contributed by atoms with E-state index in [9.17, 15) is 18.0 Å². The van der Waals surface area contributed by atoms with Gasteiger partial charge < -0.3 is 14.1 Å². The van der Waals surface area contributed by atoms with Crippen LogP contribution >= 0.6 is 0 Å². The molecule has 0 N–H and O–H groups in total. The van der Waals surface area contributed by atoms with Crippen molar-refractivity contribution in [2.24, 2.45) is 7.05 Å². The van der Waals surface area contributed by atoms with E-state index in [0.717, 1.165) is 5.56 Å². The smallest absolute Gasteiger partial charge is 0.419 e. The van der Waals surface area contributed by atoms with Crippen molar-refractivity contribution in [1.29, 1.82) is 0 Å². The van der Waals surface area contributed by atoms with Gasteiger partial charge in [-0.25, -0.2) is 13.2 Å². The molecule has 1 aliphatic heterocycles. The summed E-state index contributed by atoms with van der Waals surface area (Å²) in [5.74, 6) is -0.121. The zero-order chi connectivity index (χ0) is 23.0. The maximum absolute atomic E-state index is 13.2. The summed E-state index contributed by atoms with van der Waals surface area (Å²) >= 11 is 0. The summed E-state index contributed by atoms with van der Waals surface area (Å²) in [6.07, 6.45) is 0. The van der Waals surface area contributed by atoms with Gasteiger partial charge in [0.15, 0.2) is 12.2 Å². The van der Waals surface area contributed by atoms with E-state index < -0.39 is 15.8 Å². The number of carbonyl (C=O) groups excluding carboxylic acids is 1. The second-order valence-corrected chi connectivity index (χ2v) is 9.81. The lowest BCUT2D eigenvalue weighted by Gasteiger charge is -2.34. The number of ether oxygens (including phenoxy) is 1. The Kier molecular flexibility index (Phi) is 5.83. The van der Waals surface area contributed by atoms with Crippen LogP contribution in [0.4, 0.5) is 0 Å². The van der Waals surface area contributed by atoms with Crippen molar-refractivity contribution < 1.29 is 22.4 Å². The van der Waals surface area contributed by atoms with E-state index in [-0.39, 0.29) is 49.2 Å². The molecule has 1 aliphatic rings. The molecule has 4 rings (SSSR count). The van der Waals surface area contributed by atoms with Crippen LogP contribution in [0.15, 0.2) is 50.5 Å². The van der Waals surface area contributed by atoms with Crippen LogP contribution in [0.25, 0.3) is 11.1 Å². The standard InChI is InChI=1S/C22H25N3O6S/c1-15-4-6-17(7-5-15)30-14-21(26)24-8-10-25(11-9-24)32(28,29)20-13-19-18(12-16(20)2)23(3)22(27)31-19/h4-7,12-13H,8-11,14H2,1-3H3. The van der Waals surface area contributed by atoms with Crippen LogP contribution in [0.5, 0.6) is 5.75 Å². The number of sulfonamides is 1. The lowest BCUT2D eigenvalue weighted by atomic mass is 10.2. The fourth-order valence-electron chi connectivity index (χ4n) is 3.72. The van der Waals surface area contributed by atoms with Gasteiger partial charge in [0.05, 0.1) is 10.4 Å². The molecular weight excluding hydrogens is 434 g/mol. The molecule has 1 fully saturated rings. The number of aryl methyl sites for hydroxylation is 3. The van der Waals surface area contributed by atoms with E-state index in [1.165, 1.54) is 14.9 Å². The van der Waals surface area contributed by atoms with Gasteiger partial charge in [0.25, 0.3) is 5.91 Å². The van der Waals surface area contributed by atoms with Crippen LogP contribution < -0.4 is 10.5 Å². The summed E-state index contributed by atoms with van der Waals surface area (Å²) in [7, 11) is -2.23. The first kappa shape index (κ1) is 22.1. The van der Waals surface area contributed by atoms with Crippen LogP contribution in [-0.4, -0.2) is 60.9 Å². The number of amides is 1. The minimum absolute atomic E-state index is 0.0986. The van der Waals surface area contributed by atoms with Crippen molar-refractivity contribution in [1.82, 2.24) is 13.8 Å². The number of carbonyl (C=O) groups is 1. The fraction of sp³-hybridized carbons (Fsp3) is 0.364. The molecule has 9 nitrogen and oxygen atoms in total. The molecule has 1 saturated heterocycles. The van der Waals surface area contributed by atoms with Crippen LogP contribution in [0.2, 0.25) is 0 Å². The number of rotatable bonds is 5. The molecule has 0 saturated carbocycles. The summed E-state index contributed by atoms with van der Waals surface area (Å²) in [5.41, 5.74) is 2.39. The maximum Gasteiger partial charge on any atom is 0.419 e. The molecule has 0 spiro atoms. The number of nitrogens with zero attached hydrogens (tertiary/aromatic N) is 3. The van der Waals surface area contributed by atoms with E-state index in [2.05, 4.69) is 0 Å². The molecule has 0 atom stereocenters. The quantitative estimate of drug-likeness (QED) is 0.575. The van der Waals surface area contributed by atoms with Gasteiger partial charge in [-0.05, 0) is 37.6 Å². The van der Waals surface area contributed by atoms with Crippen molar-refractivity contribution in [3.63, 3.8) is 0 Å². The molecule has 2 aromatic carbocycles. The van der Waals surface area contributed by atoms with E-state index in [1.807, 2.05) is 19.1 Å². The zero-order valence-electron chi connectivity index (χ0n) is 18.2. The molecule has 0 radical (unpaired) electrons. The van der Waals surface area contributed by atoms with Crippen LogP contribution in [-0.2, 0) is 21.9 Å². The number of piperazine rings is 1. The Morgan fingerprint density at radius 3 is 2.38 bits per heavy atom. The monoisotopic (exact) mass is 459 g/mol. The second kappa shape index (κ2) is 8.44. The highest BCUT2D eigenvalue weighted by molar-refractivity contribution is 7.89. The predicted octanol–water partition coefficient (Wildman–Crippen LogP) is 1.66. The van der Waals surface area contributed by atoms with Crippen molar-refractivity contribution >= 4 is 27.0 Å². The molecule has 170 valence electrons. The van der Waals surface area contributed by atoms with Gasteiger partial charge in [-0.1, -0.05) is 17.7 Å². The highest BCUT2D eigenvalue weighted by atomic mass is 32.2. The highest BCUT2D eigenvalue weighted by Crippen LogP contribution is 2.26. The summed E-state index contributed by atoms with van der Waals surface area (Å²) in [6, 6.07) is 10.5. The molecular formula is C22H25N3O6S. The van der Waals surface area contributed by atoms with Gasteiger partial charge in [-0.15, -0.1) is 0 Å². The Labute approximate surface area is 185 Å². The average Bonchev–Trinajstić information content (AvgIpc) is 3.05. The maximum atomic E-state index is 13.2. The summed E-state index contributed by atoms with van der Waals surface area (Å²) < 4.78 is 39.8. The molecule has 10 heteroatoms. The van der Waals surface area contributed by atoms with Crippen molar-refractivity contribution in [2.75, 3.05) is 32.8 Å². The normalized spacial score (nSPS) is 15.3. The van der Waals surface area contributed by atoms with Gasteiger partial charge in [-0.2, -0.15) is 4.31 Å². The van der Waals surface area contributed by atoms with E-state index >= 15 is 0 Å². The third kappa shape index (κ3) is 4.15. The molecule has 2 heterocycles. The molecule has 0 aliphatic carbocycles. The van der Waals surface area contributed by atoms with Gasteiger partial charge in [-0.3, -0.25) is 9.36 Å². The van der Waals surface area contributed by atoms with Crippen LogP contribution in [0.3, 0.4) is 0 Å². The highest BCUT2D eigenvalue weighted by Gasteiger charge is 2.32. The first-order valence-electron chi connectivity index (χ1n) is 10.2. The Hall–Kier alpha value is -3.11. The van der Waals surface area contributed by atoms with E-state index in [1.54, 1.807) is 37.1 Å². The minimum Gasteiger partial charge on any atom is -0.484 e. The SMILES string of the molecule is Cc1ccc(OCC(=O)N2CCN(S(=O)(=O)c3cc4oc(=O)n(C)c4cc3C)CC2)cc1. The molecule has 0 bridgehead atoms. The predicted molar refractivity (Wildman–Crippen MR) is 118 cm³/mol. The van der Waals surface area contributed by atoms with Crippen molar-refractivity contribution in [2.45, 2.75) is 18.7 Å². The lowest BCUT2D eigenvalue weighted by molar-refractivity contribution is -0.134. The number of hydrogen-bond acceptors (Lipinski definition) is 6. The first-order valence-corrected chi connectivity index (χ1v) is 11.7. The first-order chi connectivity index (χ1) is 15.2. The molecule has 3 aromatic rings. The van der Waals surface area contributed by atoms with Gasteiger partial charge in [0.2, 0.25) is 10.0 Å². The summed E-state index contributed by atoms with van der Waals surface area (Å²) in [6.45, 7) is 4.46. The van der Waals surface area contributed by atoms with Crippen molar-refractivity contribution in [3.8, 4) is 5.75 Å². The number of aromatic nitrogens is 1. The lowest BCUT2D eigenvalue weighted by Crippen LogP contribution is -2.51. The third-order valence-corrected chi connectivity index (χ3v) is 7.72. The Bertz CT molecular complexity index is 1320. The second-order valence-electron chi connectivity index (χ2n) is 7.90. The molecule has 1 amide bonds. The Morgan fingerprint density at radius 1 is 1.06 bits per heavy atom. The van der Waals surface area contributed by atoms with E-state index in [4.69, 9.17) is 9.15 Å². The van der Waals surface area contributed by atoms with E-state index in [0.29, 0.717) is 16.8 Å². The number of hydrogen-bond donors (Lipinski definition) is 0. The van der Waals surface area contributed by atoms with Crippen LogP contribution in [0, 0.1) is 13.8 Å². The molecule has 32 heavy (non-hydrogen) atoms. The van der Waals surface area contributed by atoms with Crippen LogP contribution in [0.1, 0.15) is 11.1 Å². The average molecular weight is 460 g/mol. The third-order valence-electron chi connectivity index (χ3n) is 5.68. The van der Waals surface area contributed by atoms with Gasteiger partial charge >= 0.3 is 5.76 Å². The number of benzene rings is 2. The van der Waals surface area contributed by atoms with Gasteiger partial charge in [0, 0.05) is 39.3 Å². The number of fused-ring (bicyclic) bond motifs is 1. The molecule has 0 unspecified atom stereocenters. The Balaban J connectivity index is 1.42. The fourth-order valence-corrected chi connectivity index (χ4v) is 5.37.